The molecule has 7 atom stereocenters. The molecule has 3 N–H and O–H groups in total. The summed E-state index contributed by atoms with van der Waals surface area (Å²) in [7, 11) is 1.18. The lowest BCUT2D eigenvalue weighted by Crippen LogP contribution is -2.69. The number of methoxy groups -OCH3 is 1. The molecular formula is C25H34O9. The average molecular weight is 479 g/mol. The topological polar surface area (TPSA) is 140 Å². The number of fused-ring (bicyclic) bond motifs is 3. The Morgan fingerprint density at radius 2 is 1.65 bits per heavy atom. The number of carbonyl (C=O) groups is 3. The molecule has 34 heavy (non-hydrogen) atoms. The Kier molecular flexibility index (Phi) is 6.76. The van der Waals surface area contributed by atoms with Crippen LogP contribution in [0.15, 0.2) is 12.1 Å². The molecule has 0 aliphatic heterocycles. The van der Waals surface area contributed by atoms with Gasteiger partial charge in [0, 0.05) is 37.2 Å². The fourth-order valence-electron chi connectivity index (χ4n) is 6.08. The summed E-state index contributed by atoms with van der Waals surface area (Å²) >= 11 is 0. The van der Waals surface area contributed by atoms with Gasteiger partial charge in [-0.15, -0.1) is 0 Å². The molecule has 1 saturated carbocycles. The van der Waals surface area contributed by atoms with Gasteiger partial charge in [0.25, 0.3) is 0 Å². The molecule has 0 unspecified atom stereocenters. The van der Waals surface area contributed by atoms with Gasteiger partial charge in [0.2, 0.25) is 0 Å². The van der Waals surface area contributed by atoms with Crippen molar-refractivity contribution in [3.8, 4) is 5.75 Å². The summed E-state index contributed by atoms with van der Waals surface area (Å²) in [6, 6.07) is 3.31. The fourth-order valence-corrected chi connectivity index (χ4v) is 6.08. The van der Waals surface area contributed by atoms with Crippen molar-refractivity contribution in [2.45, 2.75) is 83.7 Å². The highest BCUT2D eigenvalue weighted by molar-refractivity contribution is 5.79. The van der Waals surface area contributed by atoms with Gasteiger partial charge in [-0.1, -0.05) is 26.8 Å². The molecule has 2 aliphatic carbocycles. The number of carbonyl (C=O) groups excluding carboxylic acids is 3. The third-order valence-corrected chi connectivity index (χ3v) is 7.66. The molecule has 0 amide bonds. The molecule has 0 radical (unpaired) electrons. The smallest absolute Gasteiger partial charge is 0.314 e. The van der Waals surface area contributed by atoms with Gasteiger partial charge in [-0.3, -0.25) is 14.4 Å². The van der Waals surface area contributed by atoms with E-state index in [-0.39, 0.29) is 23.7 Å². The number of aliphatic hydroxyl groups is 2. The molecule has 9 heteroatoms. The molecule has 0 saturated heterocycles. The zero-order chi connectivity index (χ0) is 25.7. The molecule has 0 heterocycles. The van der Waals surface area contributed by atoms with Crippen LogP contribution in [0.25, 0.3) is 0 Å². The van der Waals surface area contributed by atoms with Crippen LogP contribution in [0, 0.1) is 11.3 Å². The number of phenols is 1. The lowest BCUT2D eigenvalue weighted by Gasteiger charge is -2.60. The van der Waals surface area contributed by atoms with E-state index < -0.39 is 59.1 Å². The molecule has 0 aromatic heterocycles. The number of esters is 3. The van der Waals surface area contributed by atoms with E-state index in [4.69, 9.17) is 14.2 Å². The Labute approximate surface area is 199 Å². The minimum atomic E-state index is -1.66. The Morgan fingerprint density at radius 3 is 2.15 bits per heavy atom. The van der Waals surface area contributed by atoms with E-state index in [1.807, 2.05) is 13.8 Å². The van der Waals surface area contributed by atoms with Crippen molar-refractivity contribution in [1.82, 2.24) is 0 Å². The number of hydrogen-bond donors (Lipinski definition) is 3. The number of rotatable bonds is 4. The van der Waals surface area contributed by atoms with Gasteiger partial charge >= 0.3 is 17.9 Å². The Balaban J connectivity index is 2.44. The summed E-state index contributed by atoms with van der Waals surface area (Å²) in [6.45, 7) is 9.43. The maximum absolute atomic E-state index is 13.1. The number of phenolic OH excluding ortho intramolecular Hbond substituents is 1. The summed E-state index contributed by atoms with van der Waals surface area (Å²) in [4.78, 5) is 37.3. The van der Waals surface area contributed by atoms with Crippen LogP contribution in [0.1, 0.15) is 76.7 Å². The van der Waals surface area contributed by atoms with Crippen molar-refractivity contribution in [2.24, 2.45) is 11.3 Å². The van der Waals surface area contributed by atoms with Gasteiger partial charge in [0.1, 0.15) is 24.1 Å². The summed E-state index contributed by atoms with van der Waals surface area (Å²) in [6.07, 6.45) is -5.21. The van der Waals surface area contributed by atoms with Gasteiger partial charge in [-0.25, -0.2) is 0 Å². The van der Waals surface area contributed by atoms with Crippen molar-refractivity contribution in [3.63, 3.8) is 0 Å². The second kappa shape index (κ2) is 8.85. The molecule has 0 spiro atoms. The maximum atomic E-state index is 13.1. The van der Waals surface area contributed by atoms with Gasteiger partial charge in [0.15, 0.2) is 0 Å². The number of aliphatic hydroxyl groups excluding tert-OH is 2. The molecule has 1 aromatic rings. The highest BCUT2D eigenvalue weighted by atomic mass is 16.6. The van der Waals surface area contributed by atoms with Crippen molar-refractivity contribution in [1.29, 1.82) is 0 Å². The fraction of sp³-hybridized carbons (Fsp3) is 0.640. The van der Waals surface area contributed by atoms with E-state index in [0.717, 1.165) is 5.56 Å². The molecule has 3 rings (SSSR count). The van der Waals surface area contributed by atoms with Crippen molar-refractivity contribution in [3.05, 3.63) is 28.8 Å². The Hall–Kier alpha value is -2.65. The van der Waals surface area contributed by atoms with E-state index in [2.05, 4.69) is 0 Å². The van der Waals surface area contributed by atoms with Gasteiger partial charge < -0.3 is 29.5 Å². The third kappa shape index (κ3) is 3.75. The monoisotopic (exact) mass is 478 g/mol. The van der Waals surface area contributed by atoms with Crippen molar-refractivity contribution in [2.75, 3.05) is 7.11 Å². The first-order chi connectivity index (χ1) is 15.7. The number of hydrogen-bond acceptors (Lipinski definition) is 9. The molecule has 1 aromatic carbocycles. The Bertz CT molecular complexity index is 1000. The molecular weight excluding hydrogens is 444 g/mol. The zero-order valence-corrected chi connectivity index (χ0v) is 20.6. The molecule has 2 aliphatic rings. The van der Waals surface area contributed by atoms with E-state index in [1.165, 1.54) is 27.9 Å². The second-order valence-corrected chi connectivity index (χ2v) is 10.1. The predicted octanol–water partition coefficient (Wildman–Crippen LogP) is 2.24. The number of ether oxygens (including phenoxy) is 3. The average Bonchev–Trinajstić information content (AvgIpc) is 2.73. The summed E-state index contributed by atoms with van der Waals surface area (Å²) in [5, 5.41) is 33.8. The van der Waals surface area contributed by atoms with E-state index in [0.29, 0.717) is 5.56 Å². The molecule has 188 valence electrons. The lowest BCUT2D eigenvalue weighted by molar-refractivity contribution is -0.224. The highest BCUT2D eigenvalue weighted by Gasteiger charge is 2.70. The minimum Gasteiger partial charge on any atom is -0.508 e. The van der Waals surface area contributed by atoms with Crippen LogP contribution >= 0.6 is 0 Å². The van der Waals surface area contributed by atoms with E-state index in [1.54, 1.807) is 19.1 Å². The predicted molar refractivity (Wildman–Crippen MR) is 120 cm³/mol. The largest absolute Gasteiger partial charge is 0.508 e. The first-order valence-corrected chi connectivity index (χ1v) is 11.4. The third-order valence-electron chi connectivity index (χ3n) is 7.66. The second-order valence-electron chi connectivity index (χ2n) is 10.1. The quantitative estimate of drug-likeness (QED) is 0.439. The van der Waals surface area contributed by atoms with Crippen LogP contribution in [0.5, 0.6) is 5.75 Å². The normalized spacial score (nSPS) is 34.6. The van der Waals surface area contributed by atoms with Crippen LogP contribution < -0.4 is 0 Å². The molecule has 1 fully saturated rings. The van der Waals surface area contributed by atoms with Crippen LogP contribution in [0.2, 0.25) is 0 Å². The zero-order valence-electron chi connectivity index (χ0n) is 20.6. The van der Waals surface area contributed by atoms with Crippen LogP contribution in [0.3, 0.4) is 0 Å². The summed E-state index contributed by atoms with van der Waals surface area (Å²) < 4.78 is 16.3. The van der Waals surface area contributed by atoms with Gasteiger partial charge in [-0.05, 0) is 30.0 Å². The minimum absolute atomic E-state index is 0.0129. The molecule has 9 nitrogen and oxygen atoms in total. The van der Waals surface area contributed by atoms with Crippen LogP contribution in [-0.2, 0) is 34.0 Å². The van der Waals surface area contributed by atoms with E-state index in [9.17, 15) is 29.7 Å². The van der Waals surface area contributed by atoms with Crippen molar-refractivity contribution < 1.29 is 43.9 Å². The summed E-state index contributed by atoms with van der Waals surface area (Å²) in [5.74, 6) is -3.33. The number of aromatic hydroxyl groups is 1. The van der Waals surface area contributed by atoms with Crippen LogP contribution in [-0.4, -0.2) is 58.6 Å². The lowest BCUT2D eigenvalue weighted by atomic mass is 9.46. The van der Waals surface area contributed by atoms with Crippen molar-refractivity contribution >= 4 is 17.9 Å². The maximum Gasteiger partial charge on any atom is 0.314 e. The highest BCUT2D eigenvalue weighted by Crippen LogP contribution is 2.63. The number of benzene rings is 1. The van der Waals surface area contributed by atoms with E-state index >= 15 is 0 Å². The summed E-state index contributed by atoms with van der Waals surface area (Å²) in [5.41, 5.74) is -1.65. The van der Waals surface area contributed by atoms with Crippen LogP contribution in [0.4, 0.5) is 0 Å². The standard InChI is InChI=1S/C25H34O9/c1-11(2)14-8-15-19(16(28)9-14)25(6)18(33-12(3)26)10-17(29)24(5,23(31)32-7)22(25)21(20(15)30)34-13(4)27/h8-9,11,17-18,20-22,28-30H,10H2,1-7H3/t17-,18+,20+,21+,22-,24+,25+/m0/s1. The van der Waals surface area contributed by atoms with Gasteiger partial charge in [0.05, 0.1) is 18.6 Å². The SMILES string of the molecule is COC(=O)[C@]1(C)[C@@H](O)C[C@@H](OC(C)=O)[C@]2(C)c3c(O)cc(C(C)C)cc3[C@@H](O)[C@@H](OC(C)=O)[C@@H]12. The Morgan fingerprint density at radius 1 is 1.06 bits per heavy atom. The molecule has 0 bridgehead atoms. The first kappa shape index (κ1) is 26.0. The first-order valence-electron chi connectivity index (χ1n) is 11.4. The van der Waals surface area contributed by atoms with Gasteiger partial charge in [-0.2, -0.15) is 0 Å².